The fourth-order valence-electron chi connectivity index (χ4n) is 3.93. The third kappa shape index (κ3) is 6.78. The summed E-state index contributed by atoms with van der Waals surface area (Å²) in [4.78, 5) is 11.8. The van der Waals surface area contributed by atoms with Crippen LogP contribution in [0.15, 0.2) is 66.7 Å². The van der Waals surface area contributed by atoms with E-state index >= 15 is 0 Å². The maximum absolute atomic E-state index is 11.8. The zero-order chi connectivity index (χ0) is 26.5. The SMILES string of the molecule is CCOC(=O)/C=C/c1ccc(O)c(-c2cc(C(C)(C)C)cc(C(C)(C)C)c2OCc2ccccc2)c1. The van der Waals surface area contributed by atoms with Crippen molar-refractivity contribution in [3.63, 3.8) is 0 Å². The molecule has 4 heteroatoms. The van der Waals surface area contributed by atoms with Crippen LogP contribution in [0, 0.1) is 0 Å². The van der Waals surface area contributed by atoms with Gasteiger partial charge < -0.3 is 14.6 Å². The van der Waals surface area contributed by atoms with Crippen molar-refractivity contribution in [1.29, 1.82) is 0 Å². The number of carbonyl (C=O) groups excluding carboxylic acids is 1. The van der Waals surface area contributed by atoms with E-state index in [1.54, 1.807) is 25.1 Å². The molecule has 0 unspecified atom stereocenters. The van der Waals surface area contributed by atoms with Gasteiger partial charge in [-0.3, -0.25) is 0 Å². The van der Waals surface area contributed by atoms with Crippen LogP contribution in [0.25, 0.3) is 17.2 Å². The molecule has 36 heavy (non-hydrogen) atoms. The molecule has 1 N–H and O–H groups in total. The number of benzene rings is 3. The van der Waals surface area contributed by atoms with Crippen molar-refractivity contribution < 1.29 is 19.4 Å². The second-order valence-electron chi connectivity index (χ2n) is 11.0. The van der Waals surface area contributed by atoms with E-state index in [4.69, 9.17) is 9.47 Å². The van der Waals surface area contributed by atoms with E-state index in [0.29, 0.717) is 18.8 Å². The quantitative estimate of drug-likeness (QED) is 0.273. The largest absolute Gasteiger partial charge is 0.507 e. The number of rotatable bonds is 7. The number of phenolic OH excluding ortho intramolecular Hbond substituents is 1. The Morgan fingerprint density at radius 3 is 2.19 bits per heavy atom. The molecule has 0 spiro atoms. The highest BCUT2D eigenvalue weighted by molar-refractivity contribution is 5.88. The van der Waals surface area contributed by atoms with Gasteiger partial charge in [0.05, 0.1) is 6.61 Å². The lowest BCUT2D eigenvalue weighted by Gasteiger charge is -2.30. The molecule has 3 aromatic rings. The Balaban J connectivity index is 2.21. The average molecular weight is 487 g/mol. The maximum Gasteiger partial charge on any atom is 0.330 e. The summed E-state index contributed by atoms with van der Waals surface area (Å²) in [5.41, 5.74) is 5.26. The fraction of sp³-hybridized carbons (Fsp3) is 0.344. The molecule has 0 aliphatic carbocycles. The summed E-state index contributed by atoms with van der Waals surface area (Å²) in [6.07, 6.45) is 3.10. The number of hydrogen-bond acceptors (Lipinski definition) is 4. The monoisotopic (exact) mass is 486 g/mol. The molecule has 0 amide bonds. The Kier molecular flexibility index (Phi) is 8.29. The van der Waals surface area contributed by atoms with Crippen LogP contribution in [0.4, 0.5) is 0 Å². The van der Waals surface area contributed by atoms with Gasteiger partial charge in [0.15, 0.2) is 0 Å². The molecule has 0 radical (unpaired) electrons. The number of hydrogen-bond donors (Lipinski definition) is 1. The topological polar surface area (TPSA) is 55.8 Å². The molecular formula is C32H38O4. The third-order valence-electron chi connectivity index (χ3n) is 6.00. The van der Waals surface area contributed by atoms with Crippen LogP contribution in [0.1, 0.15) is 70.7 Å². The molecule has 0 aromatic heterocycles. The summed E-state index contributed by atoms with van der Waals surface area (Å²) in [6, 6.07) is 19.7. The zero-order valence-electron chi connectivity index (χ0n) is 22.5. The first-order valence-corrected chi connectivity index (χ1v) is 12.4. The lowest BCUT2D eigenvalue weighted by atomic mass is 9.78. The molecule has 0 fully saturated rings. The maximum atomic E-state index is 11.8. The van der Waals surface area contributed by atoms with Crippen molar-refractivity contribution in [3.8, 4) is 22.6 Å². The number of aromatic hydroxyl groups is 1. The third-order valence-corrected chi connectivity index (χ3v) is 6.00. The van der Waals surface area contributed by atoms with Gasteiger partial charge >= 0.3 is 5.97 Å². The van der Waals surface area contributed by atoms with Gasteiger partial charge in [-0.05, 0) is 58.7 Å². The number of esters is 1. The minimum atomic E-state index is -0.399. The van der Waals surface area contributed by atoms with E-state index in [9.17, 15) is 9.90 Å². The van der Waals surface area contributed by atoms with Gasteiger partial charge in [-0.25, -0.2) is 4.79 Å². The van der Waals surface area contributed by atoms with E-state index in [1.807, 2.05) is 36.4 Å². The number of ether oxygens (including phenoxy) is 2. The summed E-state index contributed by atoms with van der Waals surface area (Å²) in [5, 5.41) is 11.0. The highest BCUT2D eigenvalue weighted by Crippen LogP contribution is 2.45. The van der Waals surface area contributed by atoms with Crippen molar-refractivity contribution in [3.05, 3.63) is 89.0 Å². The minimum Gasteiger partial charge on any atom is -0.507 e. The van der Waals surface area contributed by atoms with Gasteiger partial charge in [0.2, 0.25) is 0 Å². The number of carbonyl (C=O) groups is 1. The molecule has 0 aliphatic rings. The first kappa shape index (κ1) is 27.1. The Labute approximate surface area is 215 Å². The first-order valence-electron chi connectivity index (χ1n) is 12.4. The van der Waals surface area contributed by atoms with E-state index in [-0.39, 0.29) is 16.6 Å². The van der Waals surface area contributed by atoms with Crippen molar-refractivity contribution in [1.82, 2.24) is 0 Å². The molecule has 0 bridgehead atoms. The Hall–Kier alpha value is -3.53. The lowest BCUT2D eigenvalue weighted by molar-refractivity contribution is -0.137. The Morgan fingerprint density at radius 2 is 1.58 bits per heavy atom. The molecule has 4 nitrogen and oxygen atoms in total. The van der Waals surface area contributed by atoms with Gasteiger partial charge in [0, 0.05) is 22.8 Å². The molecule has 0 aliphatic heterocycles. The second-order valence-corrected chi connectivity index (χ2v) is 11.0. The standard InChI is InChI=1S/C32H38O4/c1-8-35-29(34)17-15-22-14-16-28(33)25(18-22)26-19-24(31(2,3)4)20-27(32(5,6)7)30(26)36-21-23-12-10-9-11-13-23/h9-20,33H,8,21H2,1-7H3/b17-15+. The highest BCUT2D eigenvalue weighted by Gasteiger charge is 2.27. The predicted octanol–water partition coefficient (Wildman–Crippen LogP) is 7.81. The predicted molar refractivity (Wildman–Crippen MR) is 147 cm³/mol. The molecule has 0 heterocycles. The minimum absolute atomic E-state index is 0.107. The molecule has 3 aromatic carbocycles. The summed E-state index contributed by atoms with van der Waals surface area (Å²) in [7, 11) is 0. The van der Waals surface area contributed by atoms with Crippen LogP contribution in [-0.2, 0) is 27.0 Å². The first-order chi connectivity index (χ1) is 16.9. The van der Waals surface area contributed by atoms with Crippen LogP contribution in [0.5, 0.6) is 11.5 Å². The molecule has 190 valence electrons. The molecule has 0 saturated heterocycles. The summed E-state index contributed by atoms with van der Waals surface area (Å²) >= 11 is 0. The normalized spacial score (nSPS) is 12.1. The highest BCUT2D eigenvalue weighted by atomic mass is 16.5. The van der Waals surface area contributed by atoms with Crippen LogP contribution in [-0.4, -0.2) is 17.7 Å². The summed E-state index contributed by atoms with van der Waals surface area (Å²) in [6.45, 7) is 15.6. The van der Waals surface area contributed by atoms with Crippen molar-refractivity contribution in [2.24, 2.45) is 0 Å². The van der Waals surface area contributed by atoms with Crippen LogP contribution >= 0.6 is 0 Å². The van der Waals surface area contributed by atoms with Gasteiger partial charge in [-0.2, -0.15) is 0 Å². The van der Waals surface area contributed by atoms with Crippen LogP contribution in [0.2, 0.25) is 0 Å². The average Bonchev–Trinajstić information content (AvgIpc) is 2.81. The summed E-state index contributed by atoms with van der Waals surface area (Å²) in [5.74, 6) is 0.503. The molecule has 0 saturated carbocycles. The number of phenols is 1. The van der Waals surface area contributed by atoms with Crippen LogP contribution < -0.4 is 4.74 Å². The van der Waals surface area contributed by atoms with E-state index in [0.717, 1.165) is 33.6 Å². The van der Waals surface area contributed by atoms with E-state index in [1.165, 1.54) is 6.08 Å². The molecular weight excluding hydrogens is 448 g/mol. The Bertz CT molecular complexity index is 1230. The van der Waals surface area contributed by atoms with E-state index < -0.39 is 5.97 Å². The van der Waals surface area contributed by atoms with Gasteiger partial charge in [0.25, 0.3) is 0 Å². The molecule has 3 rings (SSSR count). The smallest absolute Gasteiger partial charge is 0.330 e. The van der Waals surface area contributed by atoms with Crippen LogP contribution in [0.3, 0.4) is 0 Å². The summed E-state index contributed by atoms with van der Waals surface area (Å²) < 4.78 is 11.5. The van der Waals surface area contributed by atoms with E-state index in [2.05, 4.69) is 53.7 Å². The lowest BCUT2D eigenvalue weighted by Crippen LogP contribution is -2.18. The second kappa shape index (κ2) is 11.0. The van der Waals surface area contributed by atoms with Crippen molar-refractivity contribution >= 4 is 12.0 Å². The Morgan fingerprint density at radius 1 is 0.889 bits per heavy atom. The fourth-order valence-corrected chi connectivity index (χ4v) is 3.93. The van der Waals surface area contributed by atoms with Gasteiger partial charge in [0.1, 0.15) is 18.1 Å². The van der Waals surface area contributed by atoms with Crippen molar-refractivity contribution in [2.75, 3.05) is 6.61 Å². The molecule has 0 atom stereocenters. The zero-order valence-corrected chi connectivity index (χ0v) is 22.5. The van der Waals surface area contributed by atoms with Gasteiger partial charge in [-0.1, -0.05) is 84.0 Å². The van der Waals surface area contributed by atoms with Gasteiger partial charge in [-0.15, -0.1) is 0 Å². The van der Waals surface area contributed by atoms with Crippen molar-refractivity contribution in [2.45, 2.75) is 65.9 Å².